The van der Waals surface area contributed by atoms with Crippen molar-refractivity contribution < 1.29 is 27.1 Å². The van der Waals surface area contributed by atoms with Gasteiger partial charge in [0.15, 0.2) is 21.3 Å². The maximum Gasteiger partial charge on any atom is 0.261 e. The number of rotatable bonds is 6. The number of carbonyl (C=O) groups excluding carboxylic acids is 1. The Kier molecular flexibility index (Phi) is 6.23. The number of halogens is 2. The van der Waals surface area contributed by atoms with Gasteiger partial charge in [-0.05, 0) is 36.4 Å². The molecule has 30 heavy (non-hydrogen) atoms. The summed E-state index contributed by atoms with van der Waals surface area (Å²) in [4.78, 5) is 16.9. The third-order valence-corrected chi connectivity index (χ3v) is 5.23. The number of pyridine rings is 1. The van der Waals surface area contributed by atoms with E-state index in [0.717, 1.165) is 12.3 Å². The summed E-state index contributed by atoms with van der Waals surface area (Å²) < 4.78 is 47.6. The molecule has 3 aromatic rings. The molecule has 0 aliphatic carbocycles. The summed E-state index contributed by atoms with van der Waals surface area (Å²) in [6, 6.07) is 10.8. The zero-order valence-corrected chi connectivity index (χ0v) is 17.4. The van der Waals surface area contributed by atoms with E-state index in [1.165, 1.54) is 55.8 Å². The highest BCUT2D eigenvalue weighted by molar-refractivity contribution is 7.90. The van der Waals surface area contributed by atoms with Crippen molar-refractivity contribution in [3.8, 4) is 17.4 Å². The SMILES string of the molecule is COc1cc(F)ccc1Oc1ncc(Cl)cc1C(=O)Nc1cccc(S(C)(=O)=O)c1. The number of carbonyl (C=O) groups is 1. The van der Waals surface area contributed by atoms with E-state index in [9.17, 15) is 17.6 Å². The molecule has 0 radical (unpaired) electrons. The van der Waals surface area contributed by atoms with Gasteiger partial charge in [0.05, 0.1) is 17.0 Å². The van der Waals surface area contributed by atoms with Gasteiger partial charge in [0, 0.05) is 24.2 Å². The molecular weight excluding hydrogens is 435 g/mol. The summed E-state index contributed by atoms with van der Waals surface area (Å²) in [6.45, 7) is 0. The standard InChI is InChI=1S/C20H16ClFN2O5S/c1-28-18-9-13(22)6-7-17(18)29-20-16(8-12(21)11-23-20)19(25)24-14-4-3-5-15(10-14)30(2,26)27/h3-11H,1-2H3,(H,24,25). The first-order valence-electron chi connectivity index (χ1n) is 8.46. The largest absolute Gasteiger partial charge is 0.493 e. The van der Waals surface area contributed by atoms with Gasteiger partial charge < -0.3 is 14.8 Å². The van der Waals surface area contributed by atoms with Crippen LogP contribution < -0.4 is 14.8 Å². The van der Waals surface area contributed by atoms with E-state index >= 15 is 0 Å². The molecule has 156 valence electrons. The van der Waals surface area contributed by atoms with Gasteiger partial charge in [-0.25, -0.2) is 17.8 Å². The molecule has 0 saturated carbocycles. The lowest BCUT2D eigenvalue weighted by Crippen LogP contribution is -2.14. The van der Waals surface area contributed by atoms with Crippen LogP contribution in [-0.2, 0) is 9.84 Å². The van der Waals surface area contributed by atoms with E-state index in [-0.39, 0.29) is 38.5 Å². The predicted octanol–water partition coefficient (Wildman–Crippen LogP) is 4.33. The first kappa shape index (κ1) is 21.5. The van der Waals surface area contributed by atoms with Crippen LogP contribution in [-0.4, -0.2) is 32.7 Å². The van der Waals surface area contributed by atoms with Crippen LogP contribution in [0.3, 0.4) is 0 Å². The number of nitrogens with one attached hydrogen (secondary N) is 1. The fourth-order valence-corrected chi connectivity index (χ4v) is 3.33. The van der Waals surface area contributed by atoms with Gasteiger partial charge in [0.1, 0.15) is 11.4 Å². The number of benzene rings is 2. The minimum atomic E-state index is -3.45. The van der Waals surface area contributed by atoms with Crippen LogP contribution >= 0.6 is 11.6 Å². The quantitative estimate of drug-likeness (QED) is 0.600. The molecule has 1 N–H and O–H groups in total. The molecule has 1 heterocycles. The van der Waals surface area contributed by atoms with Gasteiger partial charge in [-0.3, -0.25) is 4.79 Å². The van der Waals surface area contributed by atoms with Crippen LogP contribution in [0, 0.1) is 5.82 Å². The average Bonchev–Trinajstić information content (AvgIpc) is 2.70. The summed E-state index contributed by atoms with van der Waals surface area (Å²) in [5, 5.41) is 2.77. The summed E-state index contributed by atoms with van der Waals surface area (Å²) in [7, 11) is -2.10. The van der Waals surface area contributed by atoms with Gasteiger partial charge in [0.25, 0.3) is 5.91 Å². The van der Waals surface area contributed by atoms with Crippen LogP contribution in [0.2, 0.25) is 5.02 Å². The zero-order valence-electron chi connectivity index (χ0n) is 15.8. The Bertz CT molecular complexity index is 1220. The van der Waals surface area contributed by atoms with E-state index in [2.05, 4.69) is 10.3 Å². The summed E-state index contributed by atoms with van der Waals surface area (Å²) >= 11 is 5.98. The molecule has 0 unspecified atom stereocenters. The van der Waals surface area contributed by atoms with Crippen molar-refractivity contribution in [2.24, 2.45) is 0 Å². The Morgan fingerprint density at radius 2 is 1.90 bits per heavy atom. The Morgan fingerprint density at radius 1 is 1.13 bits per heavy atom. The molecular formula is C20H16ClFN2O5S. The molecule has 3 rings (SSSR count). The normalized spacial score (nSPS) is 11.1. The van der Waals surface area contributed by atoms with Gasteiger partial charge in [-0.2, -0.15) is 0 Å². The first-order valence-corrected chi connectivity index (χ1v) is 10.7. The molecule has 0 aliphatic heterocycles. The second kappa shape index (κ2) is 8.68. The summed E-state index contributed by atoms with van der Waals surface area (Å²) in [5.41, 5.74) is 0.242. The second-order valence-corrected chi connectivity index (χ2v) is 8.61. The van der Waals surface area contributed by atoms with Crippen molar-refractivity contribution in [1.29, 1.82) is 0 Å². The highest BCUT2D eigenvalue weighted by Crippen LogP contribution is 2.33. The Labute approximate surface area is 177 Å². The highest BCUT2D eigenvalue weighted by atomic mass is 35.5. The smallest absolute Gasteiger partial charge is 0.261 e. The lowest BCUT2D eigenvalue weighted by molar-refractivity contribution is 0.102. The van der Waals surface area contributed by atoms with Crippen LogP contribution in [0.4, 0.5) is 10.1 Å². The van der Waals surface area contributed by atoms with E-state index in [0.29, 0.717) is 0 Å². The minimum absolute atomic E-state index is 0.0152. The lowest BCUT2D eigenvalue weighted by Gasteiger charge is -2.13. The van der Waals surface area contributed by atoms with Gasteiger partial charge >= 0.3 is 0 Å². The van der Waals surface area contributed by atoms with Crippen LogP contribution in [0.1, 0.15) is 10.4 Å². The molecule has 0 bridgehead atoms. The maximum absolute atomic E-state index is 13.4. The van der Waals surface area contributed by atoms with Crippen LogP contribution in [0.15, 0.2) is 59.6 Å². The number of hydrogen-bond acceptors (Lipinski definition) is 6. The fourth-order valence-electron chi connectivity index (χ4n) is 2.50. The van der Waals surface area contributed by atoms with Crippen molar-refractivity contribution >= 4 is 33.0 Å². The van der Waals surface area contributed by atoms with Crippen molar-refractivity contribution in [1.82, 2.24) is 4.98 Å². The van der Waals surface area contributed by atoms with Gasteiger partial charge in [0.2, 0.25) is 5.88 Å². The summed E-state index contributed by atoms with van der Waals surface area (Å²) in [5.74, 6) is -0.999. The Balaban J connectivity index is 1.93. The van der Waals surface area contributed by atoms with Crippen LogP contribution in [0.25, 0.3) is 0 Å². The van der Waals surface area contributed by atoms with Crippen molar-refractivity contribution in [3.63, 3.8) is 0 Å². The van der Waals surface area contributed by atoms with Gasteiger partial charge in [-0.15, -0.1) is 0 Å². The number of hydrogen-bond donors (Lipinski definition) is 1. The second-order valence-electron chi connectivity index (χ2n) is 6.16. The number of aromatic nitrogens is 1. The Morgan fingerprint density at radius 3 is 2.60 bits per heavy atom. The minimum Gasteiger partial charge on any atom is -0.493 e. The van der Waals surface area contributed by atoms with Crippen molar-refractivity contribution in [2.75, 3.05) is 18.7 Å². The zero-order chi connectivity index (χ0) is 21.9. The molecule has 2 aromatic carbocycles. The molecule has 0 spiro atoms. The molecule has 0 atom stereocenters. The molecule has 1 amide bonds. The maximum atomic E-state index is 13.4. The molecule has 0 fully saturated rings. The monoisotopic (exact) mass is 450 g/mol. The third-order valence-electron chi connectivity index (χ3n) is 3.91. The number of nitrogens with zero attached hydrogens (tertiary/aromatic N) is 1. The molecule has 0 aliphatic rings. The van der Waals surface area contributed by atoms with Crippen LogP contribution in [0.5, 0.6) is 17.4 Å². The molecule has 0 saturated heterocycles. The molecule has 10 heteroatoms. The van der Waals surface area contributed by atoms with Gasteiger partial charge in [-0.1, -0.05) is 17.7 Å². The Hall–Kier alpha value is -3.17. The van der Waals surface area contributed by atoms with E-state index in [1.807, 2.05) is 0 Å². The fraction of sp³-hybridized carbons (Fsp3) is 0.100. The third kappa shape index (κ3) is 5.05. The number of ether oxygens (including phenoxy) is 2. The van der Waals surface area contributed by atoms with Crippen molar-refractivity contribution in [2.45, 2.75) is 4.90 Å². The predicted molar refractivity (Wildman–Crippen MR) is 110 cm³/mol. The first-order chi connectivity index (χ1) is 14.2. The summed E-state index contributed by atoms with van der Waals surface area (Å²) in [6.07, 6.45) is 2.35. The van der Waals surface area contributed by atoms with E-state index in [1.54, 1.807) is 0 Å². The highest BCUT2D eigenvalue weighted by Gasteiger charge is 2.18. The number of amides is 1. The number of anilines is 1. The van der Waals surface area contributed by atoms with E-state index < -0.39 is 21.6 Å². The number of methoxy groups -OCH3 is 1. The topological polar surface area (TPSA) is 94.6 Å². The average molecular weight is 451 g/mol. The van der Waals surface area contributed by atoms with E-state index in [4.69, 9.17) is 21.1 Å². The number of sulfone groups is 1. The molecule has 7 nitrogen and oxygen atoms in total. The lowest BCUT2D eigenvalue weighted by atomic mass is 10.2. The van der Waals surface area contributed by atoms with Crippen molar-refractivity contribution in [3.05, 3.63) is 71.1 Å². The molecule has 1 aromatic heterocycles.